The van der Waals surface area contributed by atoms with E-state index in [9.17, 15) is 9.46 Å². The molecule has 0 bridgehead atoms. The van der Waals surface area contributed by atoms with E-state index in [2.05, 4.69) is 21.9 Å². The molecule has 2 heterocycles. The van der Waals surface area contributed by atoms with E-state index in [4.69, 9.17) is 15.0 Å². The molecule has 10 nitrogen and oxygen atoms in total. The van der Waals surface area contributed by atoms with Crippen LogP contribution in [0.5, 0.6) is 0 Å². The maximum Gasteiger partial charge on any atom is 0.353 e. The molecule has 0 aliphatic carbocycles. The molecule has 0 saturated carbocycles. The van der Waals surface area contributed by atoms with Crippen LogP contribution in [-0.4, -0.2) is 55.0 Å². The van der Waals surface area contributed by atoms with Crippen LogP contribution in [0.1, 0.15) is 110 Å². The Bertz CT molecular complexity index is 951. The van der Waals surface area contributed by atoms with Crippen LogP contribution in [0.3, 0.4) is 0 Å². The second-order valence-corrected chi connectivity index (χ2v) is 13.5. The third-order valence-corrected chi connectivity index (χ3v) is 8.91. The Morgan fingerprint density at radius 1 is 0.925 bits per heavy atom. The van der Waals surface area contributed by atoms with Crippen molar-refractivity contribution in [3.05, 3.63) is 12.7 Å². The van der Waals surface area contributed by atoms with Crippen molar-refractivity contribution in [3.63, 3.8) is 0 Å². The number of nitrogen functional groups attached to an aromatic ring is 1. The highest BCUT2D eigenvalue weighted by molar-refractivity contribution is 7.99. The fourth-order valence-electron chi connectivity index (χ4n) is 4.54. The predicted molar refractivity (Wildman–Crippen MR) is 169 cm³/mol. The van der Waals surface area contributed by atoms with E-state index in [1.54, 1.807) is 22.7 Å². The molecule has 0 fully saturated rings. The molecule has 0 saturated heterocycles. The predicted octanol–water partition coefficient (Wildman–Crippen LogP) is 7.95. The summed E-state index contributed by atoms with van der Waals surface area (Å²) in [6.07, 6.45) is 22.8. The first-order valence-corrected chi connectivity index (χ1v) is 17.9. The second kappa shape index (κ2) is 22.4. The summed E-state index contributed by atoms with van der Waals surface area (Å²) in [4.78, 5) is 22.4. The average molecular weight is 604 g/mol. The van der Waals surface area contributed by atoms with Crippen LogP contribution in [0, 0.1) is 0 Å². The number of nitrogens with two attached hydrogens (primary N) is 1. The number of imidazole rings is 1. The van der Waals surface area contributed by atoms with Gasteiger partial charge in [-0.15, -0.1) is 0 Å². The Balaban J connectivity index is 0.00000800. The lowest BCUT2D eigenvalue weighted by atomic mass is 10.0. The molecule has 0 aliphatic rings. The van der Waals surface area contributed by atoms with E-state index in [0.717, 1.165) is 5.75 Å². The standard InChI is InChI=1S/C28H52N5O4PS.H3N/c1-3-4-5-6-7-8-9-10-11-12-13-14-15-16-17-19-39-20-18-37-38(34,35)24-36-25(2)21-33-23-32-26-27(29)30-22-31-28(26)33;/h22-23,25H,3-21,24H2,1-2H3,(H,34,35)(H2,29,30,31);1H3/p+1/t25-;/m1./s1. The molecule has 7 N–H and O–H groups in total. The van der Waals surface area contributed by atoms with E-state index < -0.39 is 7.60 Å². The number of hydrogen-bond donors (Lipinski definition) is 3. The van der Waals surface area contributed by atoms with E-state index in [-0.39, 0.29) is 25.2 Å². The molecule has 232 valence electrons. The van der Waals surface area contributed by atoms with Crippen molar-refractivity contribution in [2.24, 2.45) is 0 Å². The Morgan fingerprint density at radius 2 is 1.50 bits per heavy atom. The SMILES string of the molecule is CCCCCCCCCCCCCCCCCSCCOP(=O)(O)CO[C@H](C)Cn1cnc2c(N)ncnc21.[NH4+]. The van der Waals surface area contributed by atoms with Gasteiger partial charge in [-0.1, -0.05) is 96.8 Å². The van der Waals surface area contributed by atoms with Crippen molar-refractivity contribution >= 4 is 36.3 Å². The van der Waals surface area contributed by atoms with Gasteiger partial charge in [-0.2, -0.15) is 11.8 Å². The molecule has 0 amide bonds. The number of nitrogens with zero attached hydrogens (tertiary/aromatic N) is 4. The zero-order chi connectivity index (χ0) is 28.2. The Morgan fingerprint density at radius 3 is 2.10 bits per heavy atom. The van der Waals surface area contributed by atoms with Gasteiger partial charge in [-0.05, 0) is 19.1 Å². The number of unbranched alkanes of at least 4 members (excludes halogenated alkanes) is 14. The maximum absolute atomic E-state index is 12.3. The number of thioether (sulfide) groups is 1. The Labute approximate surface area is 246 Å². The van der Waals surface area contributed by atoms with Gasteiger partial charge in [-0.25, -0.2) is 15.0 Å². The zero-order valence-corrected chi connectivity index (χ0v) is 27.0. The van der Waals surface area contributed by atoms with Crippen LogP contribution >= 0.6 is 19.4 Å². The van der Waals surface area contributed by atoms with Gasteiger partial charge in [0, 0.05) is 5.75 Å². The first kappa shape index (κ1) is 36.8. The molecule has 2 atom stereocenters. The lowest BCUT2D eigenvalue weighted by Crippen LogP contribution is -2.17. The topological polar surface area (TPSA) is 162 Å². The second-order valence-electron chi connectivity index (χ2n) is 10.5. The molecule has 2 aromatic rings. The van der Waals surface area contributed by atoms with Crippen molar-refractivity contribution in [1.82, 2.24) is 25.7 Å². The van der Waals surface area contributed by atoms with Crippen molar-refractivity contribution in [3.8, 4) is 0 Å². The minimum absolute atomic E-state index is 0. The summed E-state index contributed by atoms with van der Waals surface area (Å²) in [5.74, 6) is 2.09. The van der Waals surface area contributed by atoms with Gasteiger partial charge in [0.1, 0.15) is 18.2 Å². The van der Waals surface area contributed by atoms with Crippen molar-refractivity contribution in [2.45, 2.75) is 123 Å². The number of anilines is 1. The quantitative estimate of drug-likeness (QED) is 0.0755. The number of ether oxygens (including phenoxy) is 1. The number of rotatable bonds is 25. The van der Waals surface area contributed by atoms with E-state index in [1.165, 1.54) is 103 Å². The van der Waals surface area contributed by atoms with Gasteiger partial charge >= 0.3 is 7.60 Å². The molecule has 1 unspecified atom stereocenters. The zero-order valence-electron chi connectivity index (χ0n) is 25.3. The van der Waals surface area contributed by atoms with E-state index >= 15 is 0 Å². The van der Waals surface area contributed by atoms with Crippen molar-refractivity contribution < 1.29 is 18.7 Å². The molecule has 0 aliphatic heterocycles. The number of aromatic nitrogens is 4. The smallest absolute Gasteiger partial charge is 0.353 e. The summed E-state index contributed by atoms with van der Waals surface area (Å²) in [6.45, 7) is 4.76. The number of hydrogen-bond acceptors (Lipinski definition) is 8. The van der Waals surface area contributed by atoms with Crippen molar-refractivity contribution in [2.75, 3.05) is 30.2 Å². The van der Waals surface area contributed by atoms with Gasteiger partial charge in [0.05, 0.1) is 25.6 Å². The summed E-state index contributed by atoms with van der Waals surface area (Å²) in [7, 11) is -3.79. The van der Waals surface area contributed by atoms with Gasteiger partial charge in [0.15, 0.2) is 11.5 Å². The monoisotopic (exact) mass is 603 g/mol. The summed E-state index contributed by atoms with van der Waals surface area (Å²) in [6, 6.07) is 0. The fraction of sp³-hybridized carbons (Fsp3) is 0.821. The van der Waals surface area contributed by atoms with Gasteiger partial charge < -0.3 is 30.6 Å². The third kappa shape index (κ3) is 16.3. The Hall–Kier alpha value is -1.23. The fourth-order valence-corrected chi connectivity index (χ4v) is 6.37. The average Bonchev–Trinajstić information content (AvgIpc) is 3.32. The maximum atomic E-state index is 12.3. The van der Waals surface area contributed by atoms with Crippen LogP contribution < -0.4 is 11.9 Å². The molecule has 2 aromatic heterocycles. The molecule has 0 radical (unpaired) electrons. The molecule has 12 heteroatoms. The highest BCUT2D eigenvalue weighted by Gasteiger charge is 2.21. The molecule has 0 spiro atoms. The first-order chi connectivity index (χ1) is 18.9. The molecular formula is C28H56N6O4PS+. The van der Waals surface area contributed by atoms with Crippen LogP contribution in [0.25, 0.3) is 11.2 Å². The normalized spacial score (nSPS) is 13.8. The Kier molecular flexibility index (Phi) is 20.6. The molecular weight excluding hydrogens is 547 g/mol. The molecule has 0 aromatic carbocycles. The van der Waals surface area contributed by atoms with E-state index in [0.29, 0.717) is 29.3 Å². The third-order valence-electron chi connectivity index (χ3n) is 6.82. The lowest BCUT2D eigenvalue weighted by molar-refractivity contribution is 0.0724. The van der Waals surface area contributed by atoms with Crippen LogP contribution in [0.15, 0.2) is 12.7 Å². The van der Waals surface area contributed by atoms with Crippen LogP contribution in [-0.2, 0) is 20.4 Å². The number of quaternary nitrogens is 1. The molecule has 40 heavy (non-hydrogen) atoms. The first-order valence-electron chi connectivity index (χ1n) is 15.0. The lowest BCUT2D eigenvalue weighted by Gasteiger charge is -2.17. The summed E-state index contributed by atoms with van der Waals surface area (Å²) in [5, 5.41) is 0. The summed E-state index contributed by atoms with van der Waals surface area (Å²) < 4.78 is 24.9. The minimum atomic E-state index is -3.79. The summed E-state index contributed by atoms with van der Waals surface area (Å²) in [5.41, 5.74) is 6.95. The highest BCUT2D eigenvalue weighted by Crippen LogP contribution is 2.42. The van der Waals surface area contributed by atoms with Crippen LogP contribution in [0.2, 0.25) is 0 Å². The van der Waals surface area contributed by atoms with Gasteiger partial charge in [0.25, 0.3) is 0 Å². The summed E-state index contributed by atoms with van der Waals surface area (Å²) >= 11 is 1.78. The van der Waals surface area contributed by atoms with E-state index in [1.807, 2.05) is 6.92 Å². The minimum Gasteiger partial charge on any atom is -0.382 e. The van der Waals surface area contributed by atoms with Gasteiger partial charge in [-0.3, -0.25) is 4.57 Å². The highest BCUT2D eigenvalue weighted by atomic mass is 32.2. The number of fused-ring (bicyclic) bond motifs is 1. The van der Waals surface area contributed by atoms with Crippen molar-refractivity contribution in [1.29, 1.82) is 0 Å². The van der Waals surface area contributed by atoms with Gasteiger partial charge in [0.2, 0.25) is 0 Å². The molecule has 2 rings (SSSR count). The largest absolute Gasteiger partial charge is 0.382 e. The van der Waals surface area contributed by atoms with Crippen LogP contribution in [0.4, 0.5) is 5.82 Å².